The van der Waals surface area contributed by atoms with Crippen molar-refractivity contribution in [2.24, 2.45) is 10.9 Å². The van der Waals surface area contributed by atoms with Gasteiger partial charge in [-0.2, -0.15) is 0 Å². The van der Waals surface area contributed by atoms with Gasteiger partial charge in [-0.05, 0) is 47.4 Å². The Morgan fingerprint density at radius 2 is 2.00 bits per heavy atom. The number of carbonyl (C=O) groups excluding carboxylic acids is 1. The predicted octanol–water partition coefficient (Wildman–Crippen LogP) is 5.65. The fourth-order valence-corrected chi connectivity index (χ4v) is 3.34. The summed E-state index contributed by atoms with van der Waals surface area (Å²) in [7, 11) is 1.42. The van der Waals surface area contributed by atoms with Gasteiger partial charge in [0.05, 0.1) is 12.1 Å². The second-order valence-corrected chi connectivity index (χ2v) is 8.11. The molecule has 0 aliphatic rings. The highest BCUT2D eigenvalue weighted by molar-refractivity contribution is 9.10. The zero-order chi connectivity index (χ0) is 23.0. The standard InChI is InChI=1S/C23H23BrClNO5/c1-4-14(2)21(23(28)29)26-13-16-11-18(25)22(19(12-16)30-3)31-20(27)9-8-15-6-5-7-17(24)10-15/h5-14,21H,4H2,1-3H3,(H,28,29)/b9-8+,26-13+. The molecule has 0 aromatic heterocycles. The van der Waals surface area contributed by atoms with Crippen LogP contribution in [0.2, 0.25) is 5.02 Å². The lowest BCUT2D eigenvalue weighted by Gasteiger charge is -2.14. The second-order valence-electron chi connectivity index (χ2n) is 6.79. The summed E-state index contributed by atoms with van der Waals surface area (Å²) in [5.74, 6) is -1.44. The predicted molar refractivity (Wildman–Crippen MR) is 125 cm³/mol. The van der Waals surface area contributed by atoms with Crippen LogP contribution in [0.1, 0.15) is 31.4 Å². The SMILES string of the molecule is CCC(C)C(/N=C/c1cc(Cl)c(OC(=O)/C=C/c2cccc(Br)c2)c(OC)c1)C(=O)O. The number of aliphatic imine (C=N–C) groups is 1. The molecule has 0 bridgehead atoms. The Hall–Kier alpha value is -2.64. The number of aliphatic carboxylic acids is 1. The minimum Gasteiger partial charge on any atom is -0.493 e. The number of esters is 1. The van der Waals surface area contributed by atoms with Gasteiger partial charge in [0.25, 0.3) is 0 Å². The minimum absolute atomic E-state index is 0.0712. The number of rotatable bonds is 9. The van der Waals surface area contributed by atoms with Gasteiger partial charge in [-0.1, -0.05) is 59.9 Å². The van der Waals surface area contributed by atoms with Crippen LogP contribution in [0.3, 0.4) is 0 Å². The Kier molecular flexibility index (Phi) is 9.27. The Labute approximate surface area is 194 Å². The van der Waals surface area contributed by atoms with Gasteiger partial charge < -0.3 is 14.6 Å². The Morgan fingerprint density at radius 1 is 1.26 bits per heavy atom. The molecule has 0 heterocycles. The number of ether oxygens (including phenoxy) is 2. The Morgan fingerprint density at radius 3 is 2.61 bits per heavy atom. The van der Waals surface area contributed by atoms with Crippen molar-refractivity contribution in [3.05, 3.63) is 63.1 Å². The summed E-state index contributed by atoms with van der Waals surface area (Å²) >= 11 is 9.67. The van der Waals surface area contributed by atoms with Crippen LogP contribution in [0.25, 0.3) is 6.08 Å². The monoisotopic (exact) mass is 507 g/mol. The zero-order valence-corrected chi connectivity index (χ0v) is 19.7. The first kappa shape index (κ1) is 24.6. The molecule has 31 heavy (non-hydrogen) atoms. The third-order valence-corrected chi connectivity index (χ3v) is 5.31. The average molecular weight is 509 g/mol. The van der Waals surface area contributed by atoms with E-state index >= 15 is 0 Å². The molecule has 2 aromatic carbocycles. The van der Waals surface area contributed by atoms with Crippen molar-refractivity contribution in [3.8, 4) is 11.5 Å². The number of methoxy groups -OCH3 is 1. The van der Waals surface area contributed by atoms with Crippen LogP contribution in [0.15, 0.2) is 51.9 Å². The van der Waals surface area contributed by atoms with Crippen LogP contribution in [0.4, 0.5) is 0 Å². The molecule has 2 unspecified atom stereocenters. The van der Waals surface area contributed by atoms with Crippen molar-refractivity contribution in [3.63, 3.8) is 0 Å². The smallest absolute Gasteiger partial charge is 0.336 e. The number of benzene rings is 2. The Bertz CT molecular complexity index is 1010. The second kappa shape index (κ2) is 11.7. The number of hydrogen-bond acceptors (Lipinski definition) is 5. The Balaban J connectivity index is 2.21. The van der Waals surface area contributed by atoms with E-state index in [1.807, 2.05) is 38.1 Å². The van der Waals surface area contributed by atoms with E-state index in [1.54, 1.807) is 12.1 Å². The summed E-state index contributed by atoms with van der Waals surface area (Å²) in [6.45, 7) is 3.73. The quantitative estimate of drug-likeness (QED) is 0.205. The molecule has 1 N–H and O–H groups in total. The van der Waals surface area contributed by atoms with Crippen LogP contribution < -0.4 is 9.47 Å². The van der Waals surface area contributed by atoms with E-state index < -0.39 is 18.0 Å². The number of carbonyl (C=O) groups is 2. The van der Waals surface area contributed by atoms with Crippen LogP contribution in [0, 0.1) is 5.92 Å². The summed E-state index contributed by atoms with van der Waals surface area (Å²) in [6.07, 6.45) is 5.02. The summed E-state index contributed by atoms with van der Waals surface area (Å²) in [5.41, 5.74) is 1.35. The number of carboxylic acids is 1. The fraction of sp³-hybridized carbons (Fsp3) is 0.261. The van der Waals surface area contributed by atoms with Crippen molar-refractivity contribution in [2.45, 2.75) is 26.3 Å². The third-order valence-electron chi connectivity index (χ3n) is 4.54. The van der Waals surface area contributed by atoms with E-state index in [4.69, 9.17) is 21.1 Å². The highest BCUT2D eigenvalue weighted by Gasteiger charge is 2.22. The molecule has 2 aromatic rings. The van der Waals surface area contributed by atoms with Crippen molar-refractivity contribution >= 4 is 51.8 Å². The highest BCUT2D eigenvalue weighted by atomic mass is 79.9. The molecule has 164 valence electrons. The van der Waals surface area contributed by atoms with E-state index in [0.717, 1.165) is 10.0 Å². The van der Waals surface area contributed by atoms with Gasteiger partial charge in [0, 0.05) is 16.8 Å². The minimum atomic E-state index is -0.994. The summed E-state index contributed by atoms with van der Waals surface area (Å²) < 4.78 is 11.6. The zero-order valence-electron chi connectivity index (χ0n) is 17.3. The summed E-state index contributed by atoms with van der Waals surface area (Å²) in [5, 5.41) is 9.51. The van der Waals surface area contributed by atoms with Crippen LogP contribution in [0.5, 0.6) is 11.5 Å². The molecular weight excluding hydrogens is 486 g/mol. The van der Waals surface area contributed by atoms with Gasteiger partial charge in [0.2, 0.25) is 0 Å². The highest BCUT2D eigenvalue weighted by Crippen LogP contribution is 2.36. The maximum Gasteiger partial charge on any atom is 0.336 e. The first-order chi connectivity index (χ1) is 14.7. The molecule has 0 spiro atoms. The molecule has 8 heteroatoms. The van der Waals surface area contributed by atoms with E-state index in [-0.39, 0.29) is 22.4 Å². The first-order valence-electron chi connectivity index (χ1n) is 9.54. The summed E-state index contributed by atoms with van der Waals surface area (Å²) in [6, 6.07) is 9.68. The molecule has 0 aliphatic carbocycles. The first-order valence-corrected chi connectivity index (χ1v) is 10.7. The van der Waals surface area contributed by atoms with Gasteiger partial charge in [-0.15, -0.1) is 0 Å². The molecule has 0 aliphatic heterocycles. The number of carboxylic acid groups (broad SMARTS) is 1. The lowest BCUT2D eigenvalue weighted by molar-refractivity contribution is -0.139. The van der Waals surface area contributed by atoms with Crippen molar-refractivity contribution in [1.29, 1.82) is 0 Å². The van der Waals surface area contributed by atoms with Crippen LogP contribution in [-0.2, 0) is 9.59 Å². The van der Waals surface area contributed by atoms with Gasteiger partial charge in [-0.3, -0.25) is 4.99 Å². The molecule has 0 saturated carbocycles. The maximum atomic E-state index is 12.2. The average Bonchev–Trinajstić information content (AvgIpc) is 2.73. The number of halogens is 2. The van der Waals surface area contributed by atoms with Gasteiger partial charge >= 0.3 is 11.9 Å². The van der Waals surface area contributed by atoms with E-state index in [0.29, 0.717) is 12.0 Å². The third kappa shape index (κ3) is 7.22. The van der Waals surface area contributed by atoms with Crippen molar-refractivity contribution in [1.82, 2.24) is 0 Å². The van der Waals surface area contributed by atoms with Crippen molar-refractivity contribution < 1.29 is 24.2 Å². The van der Waals surface area contributed by atoms with E-state index in [1.165, 1.54) is 25.5 Å². The number of hydrogen-bond donors (Lipinski definition) is 1. The molecular formula is C23H23BrClNO5. The molecule has 2 atom stereocenters. The molecule has 0 amide bonds. The van der Waals surface area contributed by atoms with E-state index in [9.17, 15) is 14.7 Å². The van der Waals surface area contributed by atoms with Crippen LogP contribution >= 0.6 is 27.5 Å². The van der Waals surface area contributed by atoms with E-state index in [2.05, 4.69) is 20.9 Å². The molecule has 0 fully saturated rings. The van der Waals surface area contributed by atoms with Crippen molar-refractivity contribution in [2.75, 3.05) is 7.11 Å². The maximum absolute atomic E-state index is 12.2. The molecule has 0 radical (unpaired) electrons. The lowest BCUT2D eigenvalue weighted by Crippen LogP contribution is -2.25. The van der Waals surface area contributed by atoms with Crippen LogP contribution in [-0.4, -0.2) is 36.4 Å². The normalized spacial score (nSPS) is 13.3. The van der Waals surface area contributed by atoms with Gasteiger partial charge in [0.1, 0.15) is 6.04 Å². The molecule has 2 rings (SSSR count). The molecule has 6 nitrogen and oxygen atoms in total. The van der Waals surface area contributed by atoms with Gasteiger partial charge in [0.15, 0.2) is 11.5 Å². The summed E-state index contributed by atoms with van der Waals surface area (Å²) in [4.78, 5) is 27.9. The molecule has 0 saturated heterocycles. The fourth-order valence-electron chi connectivity index (χ4n) is 2.67. The lowest BCUT2D eigenvalue weighted by atomic mass is 10.00. The van der Waals surface area contributed by atoms with Gasteiger partial charge in [-0.25, -0.2) is 9.59 Å². The number of nitrogens with zero attached hydrogens (tertiary/aromatic N) is 1. The topological polar surface area (TPSA) is 85.2 Å². The largest absolute Gasteiger partial charge is 0.493 e.